The van der Waals surface area contributed by atoms with Crippen LogP contribution < -0.4 is 4.74 Å². The molecule has 5 heteroatoms. The highest BCUT2D eigenvalue weighted by Gasteiger charge is 2.04. The van der Waals surface area contributed by atoms with Crippen molar-refractivity contribution in [2.24, 2.45) is 0 Å². The molecule has 0 fully saturated rings. The van der Waals surface area contributed by atoms with Crippen molar-refractivity contribution in [1.82, 2.24) is 19.1 Å². The lowest BCUT2D eigenvalue weighted by molar-refractivity contribution is 0.482. The molecule has 5 nitrogen and oxygen atoms in total. The van der Waals surface area contributed by atoms with Gasteiger partial charge in [-0.3, -0.25) is 0 Å². The molecule has 0 saturated heterocycles. The van der Waals surface area contributed by atoms with E-state index in [9.17, 15) is 0 Å². The van der Waals surface area contributed by atoms with Crippen LogP contribution in [0.5, 0.6) is 11.5 Å². The van der Waals surface area contributed by atoms with Crippen LogP contribution in [-0.2, 0) is 0 Å². The lowest BCUT2D eigenvalue weighted by Gasteiger charge is -2.10. The van der Waals surface area contributed by atoms with E-state index in [4.69, 9.17) is 4.74 Å². The van der Waals surface area contributed by atoms with Gasteiger partial charge in [-0.1, -0.05) is 0 Å². The van der Waals surface area contributed by atoms with Gasteiger partial charge in [-0.25, -0.2) is 9.97 Å². The third-order valence-electron chi connectivity index (χ3n) is 4.12. The van der Waals surface area contributed by atoms with Crippen molar-refractivity contribution in [1.29, 1.82) is 0 Å². The quantitative estimate of drug-likeness (QED) is 0.555. The van der Waals surface area contributed by atoms with Crippen LogP contribution in [0.15, 0.2) is 73.3 Å². The van der Waals surface area contributed by atoms with Crippen LogP contribution in [0, 0.1) is 13.8 Å². The predicted molar refractivity (Wildman–Crippen MR) is 96.7 cm³/mol. The van der Waals surface area contributed by atoms with E-state index in [0.717, 1.165) is 34.5 Å². The molecule has 0 aliphatic rings. The number of ether oxygens (including phenoxy) is 1. The maximum atomic E-state index is 5.93. The monoisotopic (exact) mass is 330 g/mol. The van der Waals surface area contributed by atoms with Gasteiger partial charge >= 0.3 is 0 Å². The Hall–Kier alpha value is -3.34. The molecule has 0 radical (unpaired) electrons. The minimum absolute atomic E-state index is 0.799. The molecule has 0 unspecified atom stereocenters. The highest BCUT2D eigenvalue weighted by Crippen LogP contribution is 2.24. The fraction of sp³-hybridized carbons (Fsp3) is 0.100. The highest BCUT2D eigenvalue weighted by atomic mass is 16.5. The van der Waals surface area contributed by atoms with Crippen LogP contribution >= 0.6 is 0 Å². The Balaban J connectivity index is 1.51. The van der Waals surface area contributed by atoms with Gasteiger partial charge in [0.25, 0.3) is 0 Å². The summed E-state index contributed by atoms with van der Waals surface area (Å²) in [5.74, 6) is 3.51. The molecule has 0 atom stereocenters. The van der Waals surface area contributed by atoms with Crippen molar-refractivity contribution < 1.29 is 4.74 Å². The minimum atomic E-state index is 0.799. The van der Waals surface area contributed by atoms with Crippen molar-refractivity contribution in [3.8, 4) is 22.9 Å². The SMILES string of the molecule is Cc1nccn1-c1ccc(Oc2ccc(-n3ccnc3C)cc2)cc1. The molecule has 2 aromatic heterocycles. The van der Waals surface area contributed by atoms with Crippen LogP contribution in [-0.4, -0.2) is 19.1 Å². The first kappa shape index (κ1) is 15.2. The summed E-state index contributed by atoms with van der Waals surface area (Å²) in [6.07, 6.45) is 7.48. The van der Waals surface area contributed by atoms with Crippen molar-refractivity contribution in [2.45, 2.75) is 13.8 Å². The van der Waals surface area contributed by atoms with Crippen LogP contribution in [0.2, 0.25) is 0 Å². The van der Waals surface area contributed by atoms with Gasteiger partial charge in [0.15, 0.2) is 0 Å². The third-order valence-corrected chi connectivity index (χ3v) is 4.12. The number of hydrogen-bond acceptors (Lipinski definition) is 3. The highest BCUT2D eigenvalue weighted by molar-refractivity contribution is 5.42. The van der Waals surface area contributed by atoms with E-state index >= 15 is 0 Å². The van der Waals surface area contributed by atoms with Gasteiger partial charge in [0.1, 0.15) is 23.1 Å². The molecule has 4 rings (SSSR count). The Morgan fingerprint density at radius 3 is 1.36 bits per heavy atom. The molecule has 0 aliphatic carbocycles. The zero-order chi connectivity index (χ0) is 17.2. The first-order valence-corrected chi connectivity index (χ1v) is 8.09. The zero-order valence-corrected chi connectivity index (χ0v) is 14.1. The smallest absolute Gasteiger partial charge is 0.127 e. The molecule has 4 aromatic rings. The molecular weight excluding hydrogens is 312 g/mol. The van der Waals surface area contributed by atoms with Crippen LogP contribution in [0.25, 0.3) is 11.4 Å². The summed E-state index contributed by atoms with van der Waals surface area (Å²) in [6, 6.07) is 15.9. The normalized spacial score (nSPS) is 10.8. The molecule has 0 N–H and O–H groups in total. The van der Waals surface area contributed by atoms with Crippen molar-refractivity contribution in [2.75, 3.05) is 0 Å². The van der Waals surface area contributed by atoms with Gasteiger partial charge in [0.05, 0.1) is 0 Å². The van der Waals surface area contributed by atoms with Gasteiger partial charge in [-0.2, -0.15) is 0 Å². The van der Waals surface area contributed by atoms with Crippen molar-refractivity contribution in [3.63, 3.8) is 0 Å². The Morgan fingerprint density at radius 1 is 0.640 bits per heavy atom. The summed E-state index contributed by atoms with van der Waals surface area (Å²) in [7, 11) is 0. The number of imidazole rings is 2. The van der Waals surface area contributed by atoms with E-state index in [-0.39, 0.29) is 0 Å². The first-order valence-electron chi connectivity index (χ1n) is 8.09. The lowest BCUT2D eigenvalue weighted by Crippen LogP contribution is -1.96. The van der Waals surface area contributed by atoms with Gasteiger partial charge in [-0.15, -0.1) is 0 Å². The maximum absolute atomic E-state index is 5.93. The number of aromatic nitrogens is 4. The largest absolute Gasteiger partial charge is 0.457 e. The molecular formula is C20H18N4O. The average molecular weight is 330 g/mol. The summed E-state index contributed by atoms with van der Waals surface area (Å²) in [6.45, 7) is 3.96. The number of benzene rings is 2. The van der Waals surface area contributed by atoms with Gasteiger partial charge in [-0.05, 0) is 62.4 Å². The lowest BCUT2D eigenvalue weighted by atomic mass is 10.2. The fourth-order valence-electron chi connectivity index (χ4n) is 2.79. The summed E-state index contributed by atoms with van der Waals surface area (Å²) in [5.41, 5.74) is 2.13. The molecule has 2 heterocycles. The van der Waals surface area contributed by atoms with E-state index < -0.39 is 0 Å². The molecule has 124 valence electrons. The summed E-state index contributed by atoms with van der Waals surface area (Å²) in [4.78, 5) is 8.49. The molecule has 0 bridgehead atoms. The van der Waals surface area contributed by atoms with Gasteiger partial charge in [0.2, 0.25) is 0 Å². The number of aryl methyl sites for hydroxylation is 2. The van der Waals surface area contributed by atoms with Crippen molar-refractivity contribution in [3.05, 3.63) is 85.0 Å². The molecule has 0 saturated carbocycles. The Bertz CT molecular complexity index is 899. The number of hydrogen-bond donors (Lipinski definition) is 0. The second-order valence-corrected chi connectivity index (χ2v) is 5.78. The van der Waals surface area contributed by atoms with E-state index in [1.54, 1.807) is 12.4 Å². The predicted octanol–water partition coefficient (Wildman–Crippen LogP) is 4.47. The van der Waals surface area contributed by atoms with E-state index in [2.05, 4.69) is 9.97 Å². The Labute approximate surface area is 146 Å². The van der Waals surface area contributed by atoms with E-state index in [0.29, 0.717) is 0 Å². The second kappa shape index (κ2) is 6.28. The molecule has 0 aliphatic heterocycles. The molecule has 0 spiro atoms. The summed E-state index contributed by atoms with van der Waals surface area (Å²) >= 11 is 0. The standard InChI is InChI=1S/C20H18N4O/c1-15-21-11-13-23(15)17-3-7-19(8-4-17)25-20-9-5-18(6-10-20)24-14-12-22-16(24)2/h3-14H,1-2H3. The average Bonchev–Trinajstić information content (AvgIpc) is 3.25. The number of nitrogens with zero attached hydrogens (tertiary/aromatic N) is 4. The van der Waals surface area contributed by atoms with E-state index in [1.807, 2.05) is 83.9 Å². The molecule has 25 heavy (non-hydrogen) atoms. The second-order valence-electron chi connectivity index (χ2n) is 5.78. The first-order chi connectivity index (χ1) is 12.2. The van der Waals surface area contributed by atoms with Gasteiger partial charge < -0.3 is 13.9 Å². The molecule has 2 aromatic carbocycles. The third kappa shape index (κ3) is 3.04. The summed E-state index contributed by atoms with van der Waals surface area (Å²) < 4.78 is 10.0. The van der Waals surface area contributed by atoms with Gasteiger partial charge in [0, 0.05) is 36.2 Å². The van der Waals surface area contributed by atoms with E-state index in [1.165, 1.54) is 0 Å². The summed E-state index contributed by atoms with van der Waals surface area (Å²) in [5, 5.41) is 0. The van der Waals surface area contributed by atoms with Crippen LogP contribution in [0.4, 0.5) is 0 Å². The number of rotatable bonds is 4. The van der Waals surface area contributed by atoms with Crippen molar-refractivity contribution >= 4 is 0 Å². The Morgan fingerprint density at radius 2 is 1.04 bits per heavy atom. The Kier molecular flexibility index (Phi) is 3.82. The maximum Gasteiger partial charge on any atom is 0.127 e. The fourth-order valence-corrected chi connectivity index (χ4v) is 2.79. The van der Waals surface area contributed by atoms with Crippen LogP contribution in [0.3, 0.4) is 0 Å². The minimum Gasteiger partial charge on any atom is -0.457 e. The topological polar surface area (TPSA) is 44.9 Å². The zero-order valence-electron chi connectivity index (χ0n) is 14.1. The molecule has 0 amide bonds. The van der Waals surface area contributed by atoms with Crippen LogP contribution in [0.1, 0.15) is 11.6 Å².